The number of hydrogen-bond acceptors (Lipinski definition) is 6. The molecule has 110 valence electrons. The van der Waals surface area contributed by atoms with Crippen LogP contribution < -0.4 is 5.32 Å². The number of nitrogens with one attached hydrogen (secondary N) is 1. The Labute approximate surface area is 124 Å². The molecule has 0 amide bonds. The van der Waals surface area contributed by atoms with Crippen LogP contribution in [-0.2, 0) is 10.0 Å². The number of hydrogen-bond donors (Lipinski definition) is 1. The van der Waals surface area contributed by atoms with Crippen LogP contribution in [0.5, 0.6) is 0 Å². The highest BCUT2D eigenvalue weighted by atomic mass is 35.5. The van der Waals surface area contributed by atoms with Gasteiger partial charge in [0.1, 0.15) is 4.21 Å². The van der Waals surface area contributed by atoms with E-state index in [1.807, 2.05) is 0 Å². The topological polar surface area (TPSA) is 92.5 Å². The van der Waals surface area contributed by atoms with Gasteiger partial charge >= 0.3 is 0 Å². The average Bonchev–Trinajstić information content (AvgIpc) is 3.00. The minimum absolute atomic E-state index is 0.0536. The summed E-state index contributed by atoms with van der Waals surface area (Å²) in [6, 6.07) is 1.05. The molecule has 0 saturated carbocycles. The Bertz CT molecular complexity index is 647. The molecule has 2 fully saturated rings. The Morgan fingerprint density at radius 1 is 1.40 bits per heavy atom. The number of fused-ring (bicyclic) bond motifs is 1. The lowest BCUT2D eigenvalue weighted by Crippen LogP contribution is -2.31. The fourth-order valence-corrected chi connectivity index (χ4v) is 6.10. The van der Waals surface area contributed by atoms with Crippen LogP contribution in [0.25, 0.3) is 0 Å². The van der Waals surface area contributed by atoms with Crippen LogP contribution in [-0.4, -0.2) is 43.8 Å². The van der Waals surface area contributed by atoms with Crippen molar-refractivity contribution < 1.29 is 13.3 Å². The van der Waals surface area contributed by atoms with Crippen molar-refractivity contribution in [1.29, 1.82) is 0 Å². The van der Waals surface area contributed by atoms with Gasteiger partial charge in [0.05, 0.1) is 4.92 Å². The second-order valence-electron chi connectivity index (χ2n) is 4.98. The van der Waals surface area contributed by atoms with E-state index in [-0.39, 0.29) is 14.2 Å². The molecular weight excluding hydrogens is 326 g/mol. The second-order valence-corrected chi connectivity index (χ2v) is 8.80. The van der Waals surface area contributed by atoms with Crippen LogP contribution in [0.2, 0.25) is 4.34 Å². The van der Waals surface area contributed by atoms with Crippen molar-refractivity contribution >= 4 is 38.6 Å². The van der Waals surface area contributed by atoms with E-state index in [0.717, 1.165) is 30.5 Å². The van der Waals surface area contributed by atoms with Crippen LogP contribution in [0.1, 0.15) is 0 Å². The average molecular weight is 338 g/mol. The first kappa shape index (κ1) is 14.2. The molecule has 0 aromatic carbocycles. The molecule has 2 aliphatic rings. The van der Waals surface area contributed by atoms with Gasteiger partial charge in [0.25, 0.3) is 15.7 Å². The van der Waals surface area contributed by atoms with Gasteiger partial charge in [-0.15, -0.1) is 11.3 Å². The quantitative estimate of drug-likeness (QED) is 0.659. The summed E-state index contributed by atoms with van der Waals surface area (Å²) in [6.07, 6.45) is 0. The SMILES string of the molecule is O=[N+]([O-])c1cc(S(=O)(=O)N2C[C@H]3CNC[C@H]3C2)sc1Cl. The smallest absolute Gasteiger partial charge is 0.300 e. The Balaban J connectivity index is 1.89. The maximum Gasteiger partial charge on any atom is 0.300 e. The van der Waals surface area contributed by atoms with Gasteiger partial charge in [0.15, 0.2) is 4.34 Å². The first-order valence-corrected chi connectivity index (χ1v) is 8.67. The minimum atomic E-state index is -3.68. The number of nitro groups is 1. The van der Waals surface area contributed by atoms with Gasteiger partial charge in [0, 0.05) is 19.2 Å². The third-order valence-corrected chi connectivity index (χ3v) is 7.41. The predicted octanol–water partition coefficient (Wildman–Crippen LogP) is 1.15. The molecule has 20 heavy (non-hydrogen) atoms. The lowest BCUT2D eigenvalue weighted by Gasteiger charge is -2.15. The first-order valence-electron chi connectivity index (χ1n) is 6.04. The minimum Gasteiger partial charge on any atom is -0.316 e. The summed E-state index contributed by atoms with van der Waals surface area (Å²) in [5.41, 5.74) is -0.351. The van der Waals surface area contributed by atoms with E-state index in [0.29, 0.717) is 24.9 Å². The van der Waals surface area contributed by atoms with Crippen LogP contribution in [0, 0.1) is 22.0 Å². The van der Waals surface area contributed by atoms with E-state index >= 15 is 0 Å². The molecule has 0 unspecified atom stereocenters. The van der Waals surface area contributed by atoms with Crippen LogP contribution >= 0.6 is 22.9 Å². The van der Waals surface area contributed by atoms with Crippen molar-refractivity contribution in [1.82, 2.24) is 9.62 Å². The highest BCUT2D eigenvalue weighted by Gasteiger charge is 2.42. The largest absolute Gasteiger partial charge is 0.316 e. The molecule has 0 bridgehead atoms. The number of sulfonamides is 1. The van der Waals surface area contributed by atoms with Crippen LogP contribution in [0.15, 0.2) is 10.3 Å². The van der Waals surface area contributed by atoms with E-state index in [4.69, 9.17) is 11.6 Å². The van der Waals surface area contributed by atoms with E-state index in [2.05, 4.69) is 5.32 Å². The highest BCUT2D eigenvalue weighted by Crippen LogP contribution is 2.39. The molecule has 2 saturated heterocycles. The Morgan fingerprint density at radius 3 is 2.50 bits per heavy atom. The Morgan fingerprint density at radius 2 is 2.00 bits per heavy atom. The third-order valence-electron chi connectivity index (χ3n) is 3.79. The van der Waals surface area contributed by atoms with Crippen LogP contribution in [0.3, 0.4) is 0 Å². The van der Waals surface area contributed by atoms with E-state index in [9.17, 15) is 18.5 Å². The fraction of sp³-hybridized carbons (Fsp3) is 0.600. The Hall–Kier alpha value is -0.740. The summed E-state index contributed by atoms with van der Waals surface area (Å²) >= 11 is 6.48. The molecule has 1 aromatic heterocycles. The second kappa shape index (κ2) is 4.92. The molecule has 3 heterocycles. The molecular formula is C10H12ClN3O4S2. The van der Waals surface area contributed by atoms with Gasteiger partial charge in [0.2, 0.25) is 0 Å². The van der Waals surface area contributed by atoms with E-state index in [1.165, 1.54) is 4.31 Å². The van der Waals surface area contributed by atoms with Crippen LogP contribution in [0.4, 0.5) is 5.69 Å². The fourth-order valence-electron chi connectivity index (χ4n) is 2.73. The van der Waals surface area contributed by atoms with E-state index < -0.39 is 14.9 Å². The summed E-state index contributed by atoms with van der Waals surface area (Å²) in [5.74, 6) is 0.658. The maximum absolute atomic E-state index is 12.5. The first-order chi connectivity index (χ1) is 9.39. The number of thiophene rings is 1. The summed E-state index contributed by atoms with van der Waals surface area (Å²) < 4.78 is 26.2. The third kappa shape index (κ3) is 2.23. The summed E-state index contributed by atoms with van der Waals surface area (Å²) in [4.78, 5) is 10.1. The molecule has 1 N–H and O–H groups in total. The Kier molecular flexibility index (Phi) is 3.49. The highest BCUT2D eigenvalue weighted by molar-refractivity contribution is 7.91. The van der Waals surface area contributed by atoms with Crippen molar-refractivity contribution in [2.75, 3.05) is 26.2 Å². The lowest BCUT2D eigenvalue weighted by molar-refractivity contribution is -0.384. The van der Waals surface area contributed by atoms with E-state index in [1.54, 1.807) is 0 Å². The molecule has 3 rings (SSSR count). The van der Waals surface area contributed by atoms with Gasteiger partial charge in [-0.25, -0.2) is 8.42 Å². The molecule has 0 radical (unpaired) electrons. The van der Waals surface area contributed by atoms with Crippen molar-refractivity contribution in [2.24, 2.45) is 11.8 Å². The molecule has 2 aliphatic heterocycles. The predicted molar refractivity (Wildman–Crippen MR) is 74.6 cm³/mol. The van der Waals surface area contributed by atoms with Crippen molar-refractivity contribution in [3.8, 4) is 0 Å². The number of rotatable bonds is 3. The lowest BCUT2D eigenvalue weighted by atomic mass is 10.0. The molecule has 0 spiro atoms. The maximum atomic E-state index is 12.5. The standard InChI is InChI=1S/C10H12ClN3O4S2/c11-10-8(14(15)16)1-9(19-10)20(17,18)13-4-6-2-12-3-7(6)5-13/h1,6-7,12H,2-5H2/t6-,7+. The van der Waals surface area contributed by atoms with Crippen molar-refractivity contribution in [3.63, 3.8) is 0 Å². The summed E-state index contributed by atoms with van der Waals surface area (Å²) in [6.45, 7) is 2.57. The van der Waals surface area contributed by atoms with Gasteiger partial charge in [-0.2, -0.15) is 4.31 Å². The molecule has 10 heteroatoms. The zero-order valence-corrected chi connectivity index (χ0v) is 12.7. The summed E-state index contributed by atoms with van der Waals surface area (Å²) in [7, 11) is -3.68. The monoisotopic (exact) mass is 337 g/mol. The molecule has 2 atom stereocenters. The van der Waals surface area contributed by atoms with Crippen molar-refractivity contribution in [2.45, 2.75) is 4.21 Å². The van der Waals surface area contributed by atoms with Gasteiger partial charge in [-0.05, 0) is 24.9 Å². The zero-order chi connectivity index (χ0) is 14.5. The van der Waals surface area contributed by atoms with Crippen molar-refractivity contribution in [3.05, 3.63) is 20.5 Å². The molecule has 0 aliphatic carbocycles. The van der Waals surface area contributed by atoms with Gasteiger partial charge in [-0.3, -0.25) is 10.1 Å². The number of halogens is 1. The molecule has 7 nitrogen and oxygen atoms in total. The number of nitrogens with zero attached hydrogens (tertiary/aromatic N) is 2. The molecule has 1 aromatic rings. The normalized spacial score (nSPS) is 26.9. The summed E-state index contributed by atoms with van der Waals surface area (Å²) in [5, 5.41) is 14.0. The van der Waals surface area contributed by atoms with Gasteiger partial charge in [-0.1, -0.05) is 11.6 Å². The van der Waals surface area contributed by atoms with Gasteiger partial charge < -0.3 is 5.32 Å². The zero-order valence-electron chi connectivity index (χ0n) is 10.3.